The number of amides is 1. The Balaban J connectivity index is 2.88. The van der Waals surface area contributed by atoms with E-state index in [-0.39, 0.29) is 17.5 Å². The van der Waals surface area contributed by atoms with Crippen LogP contribution in [0.3, 0.4) is 0 Å². The Hall–Kier alpha value is -1.72. The molecule has 106 valence electrons. The highest BCUT2D eigenvalue weighted by atomic mass is 19.4. The minimum atomic E-state index is -4.48. The van der Waals surface area contributed by atoms with Gasteiger partial charge < -0.3 is 11.1 Å². The van der Waals surface area contributed by atoms with E-state index in [1.54, 1.807) is 0 Å². The molecule has 0 saturated carbocycles. The topological polar surface area (TPSA) is 55.1 Å². The fourth-order valence-electron chi connectivity index (χ4n) is 1.80. The van der Waals surface area contributed by atoms with Crippen LogP contribution in [0.25, 0.3) is 0 Å². The average molecular weight is 274 g/mol. The zero-order valence-electron chi connectivity index (χ0n) is 10.8. The van der Waals surface area contributed by atoms with Crippen LogP contribution in [0.4, 0.5) is 24.5 Å². The third-order valence-electron chi connectivity index (χ3n) is 2.98. The van der Waals surface area contributed by atoms with Gasteiger partial charge in [-0.25, -0.2) is 0 Å². The van der Waals surface area contributed by atoms with Crippen molar-refractivity contribution in [3.05, 3.63) is 23.8 Å². The van der Waals surface area contributed by atoms with Crippen LogP contribution in [0.1, 0.15) is 32.3 Å². The zero-order valence-corrected chi connectivity index (χ0v) is 10.8. The predicted molar refractivity (Wildman–Crippen MR) is 68.6 cm³/mol. The number of benzene rings is 1. The Morgan fingerprint density at radius 2 is 1.89 bits per heavy atom. The fourth-order valence-corrected chi connectivity index (χ4v) is 1.80. The maximum Gasteiger partial charge on any atom is 0.418 e. The molecule has 1 rings (SSSR count). The molecule has 0 radical (unpaired) electrons. The van der Waals surface area contributed by atoms with Crippen molar-refractivity contribution >= 4 is 17.3 Å². The van der Waals surface area contributed by atoms with Gasteiger partial charge in [0, 0.05) is 17.3 Å². The molecule has 3 nitrogen and oxygen atoms in total. The van der Waals surface area contributed by atoms with E-state index in [1.807, 2.05) is 13.8 Å². The standard InChI is InChI=1S/C13H17F3N2O/c1-3-8(4-2)12(19)18-9-5-6-10(11(17)7-9)13(14,15)16/h5-8H,3-4,17H2,1-2H3,(H,18,19). The molecule has 1 aromatic rings. The van der Waals surface area contributed by atoms with E-state index in [1.165, 1.54) is 6.07 Å². The van der Waals surface area contributed by atoms with E-state index in [2.05, 4.69) is 5.32 Å². The molecule has 0 saturated heterocycles. The van der Waals surface area contributed by atoms with Crippen molar-refractivity contribution in [1.29, 1.82) is 0 Å². The molecule has 0 unspecified atom stereocenters. The number of alkyl halides is 3. The van der Waals surface area contributed by atoms with Crippen LogP contribution < -0.4 is 11.1 Å². The second-order valence-electron chi connectivity index (χ2n) is 4.30. The highest BCUT2D eigenvalue weighted by molar-refractivity contribution is 5.93. The van der Waals surface area contributed by atoms with Crippen molar-refractivity contribution in [3.8, 4) is 0 Å². The average Bonchev–Trinajstić information content (AvgIpc) is 2.28. The fraction of sp³-hybridized carbons (Fsp3) is 0.462. The summed E-state index contributed by atoms with van der Waals surface area (Å²) < 4.78 is 37.5. The van der Waals surface area contributed by atoms with Gasteiger partial charge >= 0.3 is 6.18 Å². The van der Waals surface area contributed by atoms with Gasteiger partial charge in [0.05, 0.1) is 5.56 Å². The lowest BCUT2D eigenvalue weighted by Crippen LogP contribution is -2.21. The van der Waals surface area contributed by atoms with Crippen molar-refractivity contribution < 1.29 is 18.0 Å². The number of anilines is 2. The van der Waals surface area contributed by atoms with Crippen molar-refractivity contribution in [2.75, 3.05) is 11.1 Å². The maximum absolute atomic E-state index is 12.5. The van der Waals surface area contributed by atoms with Gasteiger partial charge in [-0.2, -0.15) is 13.2 Å². The molecular weight excluding hydrogens is 257 g/mol. The predicted octanol–water partition coefficient (Wildman–Crippen LogP) is 3.66. The van der Waals surface area contributed by atoms with Crippen molar-refractivity contribution in [2.24, 2.45) is 5.92 Å². The van der Waals surface area contributed by atoms with Crippen LogP contribution >= 0.6 is 0 Å². The summed E-state index contributed by atoms with van der Waals surface area (Å²) in [7, 11) is 0. The number of hydrogen-bond donors (Lipinski definition) is 2. The second kappa shape index (κ2) is 5.95. The van der Waals surface area contributed by atoms with Gasteiger partial charge in [-0.1, -0.05) is 13.8 Å². The number of nitrogen functional groups attached to an aromatic ring is 1. The minimum Gasteiger partial charge on any atom is -0.398 e. The highest BCUT2D eigenvalue weighted by Gasteiger charge is 2.32. The van der Waals surface area contributed by atoms with E-state index in [0.717, 1.165) is 12.1 Å². The van der Waals surface area contributed by atoms with Gasteiger partial charge in [0.15, 0.2) is 0 Å². The van der Waals surface area contributed by atoms with E-state index >= 15 is 0 Å². The lowest BCUT2D eigenvalue weighted by atomic mass is 10.0. The SMILES string of the molecule is CCC(CC)C(=O)Nc1ccc(C(F)(F)F)c(N)c1. The summed E-state index contributed by atoms with van der Waals surface area (Å²) >= 11 is 0. The molecule has 6 heteroatoms. The van der Waals surface area contributed by atoms with Crippen molar-refractivity contribution in [2.45, 2.75) is 32.9 Å². The van der Waals surface area contributed by atoms with Gasteiger partial charge in [0.25, 0.3) is 0 Å². The van der Waals surface area contributed by atoms with Gasteiger partial charge in [-0.05, 0) is 31.0 Å². The number of halogens is 3. The Kier molecular flexibility index (Phi) is 4.80. The first-order valence-corrected chi connectivity index (χ1v) is 6.07. The minimum absolute atomic E-state index is 0.150. The third kappa shape index (κ3) is 3.87. The molecule has 0 aliphatic rings. The smallest absolute Gasteiger partial charge is 0.398 e. The Labute approximate surface area is 110 Å². The number of carbonyl (C=O) groups is 1. The summed E-state index contributed by atoms with van der Waals surface area (Å²) in [6.45, 7) is 3.77. The number of nitrogens with two attached hydrogens (primary N) is 1. The van der Waals surface area contributed by atoms with Gasteiger partial charge in [0.2, 0.25) is 5.91 Å². The number of nitrogens with one attached hydrogen (secondary N) is 1. The maximum atomic E-state index is 12.5. The largest absolute Gasteiger partial charge is 0.418 e. The molecule has 3 N–H and O–H groups in total. The van der Waals surface area contributed by atoms with Crippen LogP contribution in [0.15, 0.2) is 18.2 Å². The number of hydrogen-bond acceptors (Lipinski definition) is 2. The first-order chi connectivity index (χ1) is 8.79. The van der Waals surface area contributed by atoms with E-state index in [9.17, 15) is 18.0 Å². The highest BCUT2D eigenvalue weighted by Crippen LogP contribution is 2.34. The zero-order chi connectivity index (χ0) is 14.6. The van der Waals surface area contributed by atoms with Crippen LogP contribution in [0.2, 0.25) is 0 Å². The summed E-state index contributed by atoms with van der Waals surface area (Å²) in [6.07, 6.45) is -3.13. The molecule has 0 aromatic heterocycles. The van der Waals surface area contributed by atoms with Crippen molar-refractivity contribution in [1.82, 2.24) is 0 Å². The molecule has 19 heavy (non-hydrogen) atoms. The molecule has 0 atom stereocenters. The third-order valence-corrected chi connectivity index (χ3v) is 2.98. The molecule has 1 amide bonds. The summed E-state index contributed by atoms with van der Waals surface area (Å²) in [5.41, 5.74) is 4.34. The lowest BCUT2D eigenvalue weighted by Gasteiger charge is -2.15. The molecular formula is C13H17F3N2O. The molecule has 0 spiro atoms. The first-order valence-electron chi connectivity index (χ1n) is 6.07. The quantitative estimate of drug-likeness (QED) is 0.823. The monoisotopic (exact) mass is 274 g/mol. The van der Waals surface area contributed by atoms with Crippen LogP contribution in [-0.4, -0.2) is 5.91 Å². The van der Waals surface area contributed by atoms with Gasteiger partial charge in [-0.15, -0.1) is 0 Å². The van der Waals surface area contributed by atoms with Gasteiger partial charge in [-0.3, -0.25) is 4.79 Å². The van der Waals surface area contributed by atoms with Crippen LogP contribution in [0, 0.1) is 5.92 Å². The van der Waals surface area contributed by atoms with E-state index in [4.69, 9.17) is 5.73 Å². The van der Waals surface area contributed by atoms with Crippen LogP contribution in [0.5, 0.6) is 0 Å². The lowest BCUT2D eigenvalue weighted by molar-refractivity contribution is -0.136. The second-order valence-corrected chi connectivity index (χ2v) is 4.30. The molecule has 0 aliphatic heterocycles. The Morgan fingerprint density at radius 3 is 2.32 bits per heavy atom. The van der Waals surface area contributed by atoms with Crippen molar-refractivity contribution in [3.63, 3.8) is 0 Å². The Bertz CT molecular complexity index is 454. The molecule has 0 heterocycles. The number of rotatable bonds is 4. The normalized spacial score (nSPS) is 11.7. The molecule has 0 aliphatic carbocycles. The van der Waals surface area contributed by atoms with Crippen LogP contribution in [-0.2, 0) is 11.0 Å². The Morgan fingerprint density at radius 1 is 1.32 bits per heavy atom. The summed E-state index contributed by atoms with van der Waals surface area (Å²) in [5.74, 6) is -0.354. The first kappa shape index (κ1) is 15.3. The van der Waals surface area contributed by atoms with E-state index < -0.39 is 17.4 Å². The summed E-state index contributed by atoms with van der Waals surface area (Å²) in [4.78, 5) is 11.8. The molecule has 1 aromatic carbocycles. The summed E-state index contributed by atoms with van der Waals surface area (Å²) in [5, 5.41) is 2.58. The molecule has 0 bridgehead atoms. The molecule has 0 fully saturated rings. The number of carbonyl (C=O) groups excluding carboxylic acids is 1. The summed E-state index contributed by atoms with van der Waals surface area (Å²) in [6, 6.07) is 3.21. The van der Waals surface area contributed by atoms with Gasteiger partial charge in [0.1, 0.15) is 0 Å². The van der Waals surface area contributed by atoms with E-state index in [0.29, 0.717) is 12.8 Å².